The van der Waals surface area contributed by atoms with Gasteiger partial charge in [-0.05, 0) is 37.5 Å². The van der Waals surface area contributed by atoms with E-state index in [0.29, 0.717) is 44.6 Å². The molecular formula is C23H24N4O3. The number of amides is 2. The predicted molar refractivity (Wildman–Crippen MR) is 113 cm³/mol. The minimum atomic E-state index is -1.17. The third kappa shape index (κ3) is 3.15. The minimum absolute atomic E-state index is 0.0390. The van der Waals surface area contributed by atoms with Crippen molar-refractivity contribution in [1.29, 1.82) is 0 Å². The van der Waals surface area contributed by atoms with Gasteiger partial charge >= 0.3 is 0 Å². The lowest BCUT2D eigenvalue weighted by molar-refractivity contribution is -0.161. The van der Waals surface area contributed by atoms with Crippen LogP contribution in [0.2, 0.25) is 0 Å². The van der Waals surface area contributed by atoms with Gasteiger partial charge in [0.1, 0.15) is 5.60 Å². The van der Waals surface area contributed by atoms with Crippen LogP contribution in [-0.2, 0) is 4.79 Å². The molecule has 1 aliphatic heterocycles. The number of carbonyl (C=O) groups is 2. The highest BCUT2D eigenvalue weighted by atomic mass is 16.3. The molecule has 1 saturated carbocycles. The summed E-state index contributed by atoms with van der Waals surface area (Å²) in [6.45, 7) is 1.88. The van der Waals surface area contributed by atoms with Gasteiger partial charge in [0.2, 0.25) is 0 Å². The number of aromatic amines is 1. The third-order valence-corrected chi connectivity index (χ3v) is 6.31. The highest BCUT2D eigenvalue weighted by Gasteiger charge is 2.45. The van der Waals surface area contributed by atoms with Crippen LogP contribution in [0.5, 0.6) is 0 Å². The van der Waals surface area contributed by atoms with Crippen LogP contribution in [0.15, 0.2) is 48.5 Å². The van der Waals surface area contributed by atoms with Crippen LogP contribution in [0.1, 0.15) is 29.6 Å². The van der Waals surface area contributed by atoms with E-state index in [-0.39, 0.29) is 11.8 Å². The Morgan fingerprint density at radius 2 is 1.60 bits per heavy atom. The zero-order valence-electron chi connectivity index (χ0n) is 16.7. The number of hydrogen-bond acceptors (Lipinski definition) is 4. The van der Waals surface area contributed by atoms with Gasteiger partial charge in [0, 0.05) is 42.7 Å². The number of carbonyl (C=O) groups excluding carboxylic acids is 2. The Labute approximate surface area is 174 Å². The molecule has 1 aliphatic carbocycles. The molecule has 3 aromatic rings. The number of hydrogen-bond donors (Lipinski definition) is 2. The van der Waals surface area contributed by atoms with Crippen molar-refractivity contribution < 1.29 is 14.7 Å². The SMILES string of the molecule is O=C(c1ccc(-c2n[nH]c3ccccc23)cc1)N1CCN(C(=O)C2(O)CCC2)CC1. The lowest BCUT2D eigenvalue weighted by Gasteiger charge is -2.42. The summed E-state index contributed by atoms with van der Waals surface area (Å²) in [5.41, 5.74) is 2.25. The number of nitrogens with one attached hydrogen (secondary N) is 1. The van der Waals surface area contributed by atoms with Gasteiger partial charge in [-0.15, -0.1) is 0 Å². The fourth-order valence-corrected chi connectivity index (χ4v) is 4.27. The molecule has 0 radical (unpaired) electrons. The van der Waals surface area contributed by atoms with Crippen LogP contribution >= 0.6 is 0 Å². The number of fused-ring (bicyclic) bond motifs is 1. The van der Waals surface area contributed by atoms with E-state index in [9.17, 15) is 14.7 Å². The molecule has 154 valence electrons. The second-order valence-corrected chi connectivity index (χ2v) is 8.16. The molecule has 2 fully saturated rings. The summed E-state index contributed by atoms with van der Waals surface area (Å²) in [7, 11) is 0. The molecule has 30 heavy (non-hydrogen) atoms. The summed E-state index contributed by atoms with van der Waals surface area (Å²) in [6.07, 6.45) is 1.98. The normalized spacial score (nSPS) is 18.3. The zero-order chi connectivity index (χ0) is 20.7. The van der Waals surface area contributed by atoms with Gasteiger partial charge in [-0.3, -0.25) is 14.7 Å². The molecule has 0 atom stereocenters. The number of H-pyrrole nitrogens is 1. The van der Waals surface area contributed by atoms with Crippen molar-refractivity contribution >= 4 is 22.7 Å². The van der Waals surface area contributed by atoms with Crippen molar-refractivity contribution in [1.82, 2.24) is 20.0 Å². The largest absolute Gasteiger partial charge is 0.380 e. The summed E-state index contributed by atoms with van der Waals surface area (Å²) in [5.74, 6) is -0.223. The van der Waals surface area contributed by atoms with E-state index in [0.717, 1.165) is 28.6 Å². The van der Waals surface area contributed by atoms with Gasteiger partial charge in [-0.1, -0.05) is 30.3 Å². The number of piperazine rings is 1. The van der Waals surface area contributed by atoms with Gasteiger partial charge in [0.05, 0.1) is 11.2 Å². The average molecular weight is 404 g/mol. The summed E-state index contributed by atoms with van der Waals surface area (Å²) in [6, 6.07) is 15.4. The molecule has 7 heteroatoms. The maximum atomic E-state index is 12.9. The van der Waals surface area contributed by atoms with Crippen LogP contribution < -0.4 is 0 Å². The van der Waals surface area contributed by atoms with Crippen molar-refractivity contribution in [3.63, 3.8) is 0 Å². The number of benzene rings is 2. The number of aromatic nitrogens is 2. The first kappa shape index (κ1) is 18.8. The molecule has 1 saturated heterocycles. The smallest absolute Gasteiger partial charge is 0.254 e. The van der Waals surface area contributed by atoms with E-state index < -0.39 is 5.60 Å². The zero-order valence-corrected chi connectivity index (χ0v) is 16.7. The van der Waals surface area contributed by atoms with E-state index in [2.05, 4.69) is 10.2 Å². The summed E-state index contributed by atoms with van der Waals surface area (Å²) in [4.78, 5) is 28.8. The summed E-state index contributed by atoms with van der Waals surface area (Å²) < 4.78 is 0. The van der Waals surface area contributed by atoms with E-state index in [4.69, 9.17) is 0 Å². The number of rotatable bonds is 3. The number of aliphatic hydroxyl groups is 1. The van der Waals surface area contributed by atoms with E-state index >= 15 is 0 Å². The molecule has 0 bridgehead atoms. The maximum absolute atomic E-state index is 12.9. The van der Waals surface area contributed by atoms with Gasteiger partial charge < -0.3 is 14.9 Å². The van der Waals surface area contributed by atoms with Gasteiger partial charge in [-0.2, -0.15) is 5.10 Å². The van der Waals surface area contributed by atoms with Crippen molar-refractivity contribution in [3.8, 4) is 11.3 Å². The Morgan fingerprint density at radius 1 is 0.933 bits per heavy atom. The van der Waals surface area contributed by atoms with Crippen LogP contribution in [0, 0.1) is 0 Å². The van der Waals surface area contributed by atoms with Crippen LogP contribution in [0.3, 0.4) is 0 Å². The Morgan fingerprint density at radius 3 is 2.27 bits per heavy atom. The highest BCUT2D eigenvalue weighted by molar-refractivity contribution is 5.96. The van der Waals surface area contributed by atoms with Crippen LogP contribution in [0.4, 0.5) is 0 Å². The first-order valence-corrected chi connectivity index (χ1v) is 10.4. The van der Waals surface area contributed by atoms with Crippen molar-refractivity contribution in [2.45, 2.75) is 24.9 Å². The van der Waals surface area contributed by atoms with Gasteiger partial charge in [-0.25, -0.2) is 0 Å². The van der Waals surface area contributed by atoms with E-state index in [1.807, 2.05) is 48.5 Å². The molecule has 1 aromatic heterocycles. The second-order valence-electron chi connectivity index (χ2n) is 8.16. The topological polar surface area (TPSA) is 89.5 Å². The van der Waals surface area contributed by atoms with Crippen LogP contribution in [0.25, 0.3) is 22.2 Å². The summed E-state index contributed by atoms with van der Waals surface area (Å²) in [5, 5.41) is 18.8. The molecule has 2 heterocycles. The van der Waals surface area contributed by atoms with Crippen molar-refractivity contribution in [2.75, 3.05) is 26.2 Å². The molecule has 2 aromatic carbocycles. The molecule has 7 nitrogen and oxygen atoms in total. The van der Waals surface area contributed by atoms with Crippen molar-refractivity contribution in [3.05, 3.63) is 54.1 Å². The Kier molecular flexibility index (Phi) is 4.55. The average Bonchev–Trinajstić information content (AvgIpc) is 3.21. The fraction of sp³-hybridized carbons (Fsp3) is 0.348. The quantitative estimate of drug-likeness (QED) is 0.702. The van der Waals surface area contributed by atoms with E-state index in [1.165, 1.54) is 0 Å². The molecule has 0 unspecified atom stereocenters. The number of para-hydroxylation sites is 1. The summed E-state index contributed by atoms with van der Waals surface area (Å²) >= 11 is 0. The first-order chi connectivity index (χ1) is 14.5. The lowest BCUT2D eigenvalue weighted by Crippen LogP contribution is -2.58. The highest BCUT2D eigenvalue weighted by Crippen LogP contribution is 2.33. The first-order valence-electron chi connectivity index (χ1n) is 10.4. The molecular weight excluding hydrogens is 380 g/mol. The fourth-order valence-electron chi connectivity index (χ4n) is 4.27. The lowest BCUT2D eigenvalue weighted by atomic mass is 9.79. The van der Waals surface area contributed by atoms with E-state index in [1.54, 1.807) is 9.80 Å². The molecule has 0 spiro atoms. The second kappa shape index (κ2) is 7.25. The predicted octanol–water partition coefficient (Wildman–Crippen LogP) is 2.43. The minimum Gasteiger partial charge on any atom is -0.380 e. The molecule has 5 rings (SSSR count). The Bertz CT molecular complexity index is 1090. The monoisotopic (exact) mass is 404 g/mol. The van der Waals surface area contributed by atoms with Crippen molar-refractivity contribution in [2.24, 2.45) is 0 Å². The van der Waals surface area contributed by atoms with Gasteiger partial charge in [0.25, 0.3) is 11.8 Å². The molecule has 2 N–H and O–H groups in total. The van der Waals surface area contributed by atoms with Crippen LogP contribution in [-0.4, -0.2) is 68.7 Å². The standard InChI is InChI=1S/C23H24N4O3/c28-21(26-12-14-27(15-13-26)22(29)23(30)10-3-11-23)17-8-6-16(7-9-17)20-18-4-1-2-5-19(18)24-25-20/h1-2,4-9,30H,3,10-15H2,(H,24,25). The Hall–Kier alpha value is -3.19. The Balaban J connectivity index is 1.25. The maximum Gasteiger partial charge on any atom is 0.254 e. The third-order valence-electron chi connectivity index (χ3n) is 6.31. The number of nitrogens with zero attached hydrogens (tertiary/aromatic N) is 3. The molecule has 2 amide bonds. The van der Waals surface area contributed by atoms with Gasteiger partial charge in [0.15, 0.2) is 0 Å². The molecule has 2 aliphatic rings.